The summed E-state index contributed by atoms with van der Waals surface area (Å²) in [7, 11) is 5.17. The highest BCUT2D eigenvalue weighted by Gasteiger charge is 2.50. The molecular weight excluding hydrogens is 829 g/mol. The first-order valence-electron chi connectivity index (χ1n) is 23.1. The first-order chi connectivity index (χ1) is 31.7. The van der Waals surface area contributed by atoms with Gasteiger partial charge in [0.05, 0.1) is 38.1 Å². The molecule has 0 aromatic heterocycles. The van der Waals surface area contributed by atoms with E-state index in [-0.39, 0.29) is 36.6 Å². The van der Waals surface area contributed by atoms with Crippen LogP contribution in [0, 0.1) is 11.8 Å². The van der Waals surface area contributed by atoms with E-state index in [4.69, 9.17) is 28.4 Å². The SMILES string of the molecule is CNCCNC[C@H](CCO)O[C@H]1c2cc(OC)c3cc(O)ccc3c2O[C@H](CCCOC)[C@H]1[C@H]1COc2c(Cc3cc(O)ccc3-c3cccc(O)c3)cc(OC3CCCC3)cc2[C@H]1O. The predicted molar refractivity (Wildman–Crippen MR) is 249 cm³/mol. The van der Waals surface area contributed by atoms with Gasteiger partial charge < -0.3 is 64.6 Å². The molecule has 0 bridgehead atoms. The molecule has 0 amide bonds. The Hall–Kier alpha value is -5.28. The van der Waals surface area contributed by atoms with Gasteiger partial charge in [-0.1, -0.05) is 18.2 Å². The van der Waals surface area contributed by atoms with Crippen molar-refractivity contribution in [2.75, 3.05) is 60.7 Å². The summed E-state index contributed by atoms with van der Waals surface area (Å²) in [5.41, 5.74) is 4.59. The number of benzene rings is 5. The van der Waals surface area contributed by atoms with Crippen LogP contribution in [0.2, 0.25) is 0 Å². The number of methoxy groups -OCH3 is 2. The van der Waals surface area contributed by atoms with E-state index in [9.17, 15) is 25.5 Å². The monoisotopic (exact) mass is 892 g/mol. The van der Waals surface area contributed by atoms with Gasteiger partial charge in [0.25, 0.3) is 0 Å². The molecule has 5 aromatic carbocycles. The number of nitrogens with one attached hydrogen (secondary N) is 2. The molecule has 2 aliphatic heterocycles. The van der Waals surface area contributed by atoms with Gasteiger partial charge in [0.2, 0.25) is 0 Å². The topological polar surface area (TPSA) is 181 Å². The molecule has 5 aromatic rings. The molecule has 1 fully saturated rings. The van der Waals surface area contributed by atoms with Gasteiger partial charge in [-0.2, -0.15) is 0 Å². The van der Waals surface area contributed by atoms with Gasteiger partial charge in [0, 0.05) is 85.7 Å². The van der Waals surface area contributed by atoms with Crippen LogP contribution >= 0.6 is 0 Å². The highest BCUT2D eigenvalue weighted by Crippen LogP contribution is 2.55. The first-order valence-corrected chi connectivity index (χ1v) is 23.1. The minimum atomic E-state index is -1.05. The van der Waals surface area contributed by atoms with Gasteiger partial charge in [-0.15, -0.1) is 0 Å². The predicted octanol–water partition coefficient (Wildman–Crippen LogP) is 7.71. The van der Waals surface area contributed by atoms with Crippen molar-refractivity contribution >= 4 is 10.8 Å². The molecule has 0 spiro atoms. The lowest BCUT2D eigenvalue weighted by Gasteiger charge is -2.47. The Balaban J connectivity index is 1.24. The quantitative estimate of drug-likeness (QED) is 0.0378. The fourth-order valence-corrected chi connectivity index (χ4v) is 10.1. The van der Waals surface area contributed by atoms with Gasteiger partial charge in [-0.25, -0.2) is 0 Å². The Morgan fingerprint density at radius 1 is 0.831 bits per heavy atom. The Morgan fingerprint density at radius 2 is 1.63 bits per heavy atom. The zero-order chi connectivity index (χ0) is 45.5. The van der Waals surface area contributed by atoms with Crippen molar-refractivity contribution in [2.45, 2.75) is 81.9 Å². The van der Waals surface area contributed by atoms with E-state index in [1.807, 2.05) is 43.4 Å². The molecule has 0 saturated heterocycles. The van der Waals surface area contributed by atoms with E-state index in [1.165, 1.54) is 0 Å². The molecule has 65 heavy (non-hydrogen) atoms. The largest absolute Gasteiger partial charge is 0.508 e. The van der Waals surface area contributed by atoms with Crippen molar-refractivity contribution in [2.24, 2.45) is 11.8 Å². The molecule has 7 N–H and O–H groups in total. The number of phenolic OH excluding ortho intramolecular Hbond substituents is 3. The second kappa shape index (κ2) is 21.4. The van der Waals surface area contributed by atoms with Crippen molar-refractivity contribution < 1.29 is 54.0 Å². The maximum atomic E-state index is 13.0. The van der Waals surface area contributed by atoms with E-state index in [2.05, 4.69) is 10.6 Å². The molecule has 8 rings (SSSR count). The van der Waals surface area contributed by atoms with E-state index in [0.717, 1.165) is 65.4 Å². The van der Waals surface area contributed by atoms with Crippen LogP contribution in [-0.4, -0.2) is 105 Å². The third-order valence-corrected chi connectivity index (χ3v) is 13.2. The van der Waals surface area contributed by atoms with Crippen molar-refractivity contribution in [3.63, 3.8) is 0 Å². The maximum Gasteiger partial charge on any atom is 0.133 e. The molecule has 2 heterocycles. The van der Waals surface area contributed by atoms with Gasteiger partial charge >= 0.3 is 0 Å². The molecule has 0 radical (unpaired) electrons. The lowest BCUT2D eigenvalue weighted by molar-refractivity contribution is -0.135. The highest BCUT2D eigenvalue weighted by molar-refractivity contribution is 5.96. The average molecular weight is 893 g/mol. The summed E-state index contributed by atoms with van der Waals surface area (Å²) in [6, 6.07) is 23.2. The number of rotatable bonds is 20. The lowest BCUT2D eigenvalue weighted by Crippen LogP contribution is -2.48. The molecule has 1 saturated carbocycles. The van der Waals surface area contributed by atoms with Crippen molar-refractivity contribution in [3.8, 4) is 51.4 Å². The lowest BCUT2D eigenvalue weighted by atomic mass is 9.72. The molecule has 348 valence electrons. The average Bonchev–Trinajstić information content (AvgIpc) is 3.81. The third kappa shape index (κ3) is 10.4. The summed E-state index contributed by atoms with van der Waals surface area (Å²) < 4.78 is 39.5. The minimum absolute atomic E-state index is 0.0463. The molecule has 6 atom stereocenters. The van der Waals surface area contributed by atoms with Gasteiger partial charge in [0.15, 0.2) is 0 Å². The second-order valence-corrected chi connectivity index (χ2v) is 17.6. The van der Waals surface area contributed by atoms with Crippen LogP contribution in [0.5, 0.6) is 40.2 Å². The number of hydrogen-bond donors (Lipinski definition) is 7. The summed E-state index contributed by atoms with van der Waals surface area (Å²) in [4.78, 5) is 0. The van der Waals surface area contributed by atoms with Crippen molar-refractivity contribution in [1.82, 2.24) is 10.6 Å². The number of ether oxygens (including phenoxy) is 6. The summed E-state index contributed by atoms with van der Waals surface area (Å²) in [5, 5.41) is 63.2. The highest BCUT2D eigenvalue weighted by atomic mass is 16.5. The van der Waals surface area contributed by atoms with E-state index in [0.29, 0.717) is 79.3 Å². The Morgan fingerprint density at radius 3 is 2.40 bits per heavy atom. The molecule has 0 unspecified atom stereocenters. The smallest absolute Gasteiger partial charge is 0.133 e. The summed E-state index contributed by atoms with van der Waals surface area (Å²) in [5.74, 6) is 1.69. The number of likely N-dealkylation sites (N-methyl/N-ethyl adjacent to an activating group) is 1. The summed E-state index contributed by atoms with van der Waals surface area (Å²) in [6.45, 7) is 2.49. The molecule has 13 nitrogen and oxygen atoms in total. The fraction of sp³-hybridized carbons (Fsp3) is 0.462. The molecular formula is C52H64N2O11. The van der Waals surface area contributed by atoms with Crippen LogP contribution in [0.1, 0.15) is 79.4 Å². The zero-order valence-corrected chi connectivity index (χ0v) is 37.6. The van der Waals surface area contributed by atoms with Crippen LogP contribution in [0.15, 0.2) is 78.9 Å². The van der Waals surface area contributed by atoms with E-state index in [1.54, 1.807) is 56.7 Å². The van der Waals surface area contributed by atoms with E-state index >= 15 is 0 Å². The molecule has 13 heteroatoms. The number of aliphatic hydroxyl groups excluding tert-OH is 2. The normalized spacial score (nSPS) is 21.0. The van der Waals surface area contributed by atoms with Crippen LogP contribution in [0.25, 0.3) is 21.9 Å². The number of aliphatic hydroxyl groups is 2. The summed E-state index contributed by atoms with van der Waals surface area (Å²) in [6.07, 6.45) is 3.50. The number of aromatic hydroxyl groups is 3. The standard InChI is InChI=1S/C52H64N2O11/c1-53-18-19-54-29-38(17-20-55)64-52-44-28-47(61-3)42-26-36(58)14-16-41(42)51(44)65-46(12-7-21-60-2)48(52)45-30-62-50-33(25-39(27-43(50)49(45)59)63-37-10-4-5-11-37)22-32-24-35(57)13-15-40(32)31-8-6-9-34(56)23-31/h6,8-9,13-16,23-28,37-38,45-46,48-49,52-59H,4-5,7,10-12,17-22,29-30H2,1-3H3/t38-,45+,46+,48+,49+,52-/m0/s1. The third-order valence-electron chi connectivity index (χ3n) is 13.2. The van der Waals surface area contributed by atoms with Gasteiger partial charge in [0.1, 0.15) is 46.4 Å². The second-order valence-electron chi connectivity index (χ2n) is 17.6. The van der Waals surface area contributed by atoms with Gasteiger partial charge in [-0.3, -0.25) is 0 Å². The Labute approximate surface area is 381 Å². The zero-order valence-electron chi connectivity index (χ0n) is 37.6. The molecule has 3 aliphatic rings. The number of fused-ring (bicyclic) bond motifs is 4. The van der Waals surface area contributed by atoms with Crippen molar-refractivity contribution in [1.29, 1.82) is 0 Å². The van der Waals surface area contributed by atoms with Crippen LogP contribution in [0.4, 0.5) is 0 Å². The Kier molecular flexibility index (Phi) is 15.2. The van der Waals surface area contributed by atoms with Crippen LogP contribution in [0.3, 0.4) is 0 Å². The van der Waals surface area contributed by atoms with Crippen molar-refractivity contribution in [3.05, 3.63) is 101 Å². The van der Waals surface area contributed by atoms with Crippen LogP contribution in [-0.2, 0) is 15.9 Å². The maximum absolute atomic E-state index is 13.0. The number of phenols is 3. The van der Waals surface area contributed by atoms with Crippen LogP contribution < -0.4 is 29.6 Å². The number of hydrogen-bond acceptors (Lipinski definition) is 13. The Bertz CT molecular complexity index is 2390. The van der Waals surface area contributed by atoms with E-state index < -0.39 is 36.3 Å². The minimum Gasteiger partial charge on any atom is -0.508 e. The molecule has 1 aliphatic carbocycles. The van der Waals surface area contributed by atoms with Gasteiger partial charge in [-0.05, 0) is 129 Å². The first kappa shape index (κ1) is 46.3. The summed E-state index contributed by atoms with van der Waals surface area (Å²) >= 11 is 0. The fourth-order valence-electron chi connectivity index (χ4n) is 10.1.